The Morgan fingerprint density at radius 1 is 0.853 bits per heavy atom. The molecule has 0 saturated carbocycles. The highest BCUT2D eigenvalue weighted by atomic mass is 32.3. The molecule has 1 aromatic carbocycles. The first-order chi connectivity index (χ1) is 15.6. The minimum absolute atomic E-state index is 0.0241. The van der Waals surface area contributed by atoms with Crippen LogP contribution in [-0.2, 0) is 48.5 Å². The molecule has 0 aliphatic heterocycles. The third kappa shape index (κ3) is 13.6. The zero-order valence-electron chi connectivity index (χ0n) is 17.4. The monoisotopic (exact) mass is 554 g/mol. The quantitative estimate of drug-likeness (QED) is 0.137. The molecule has 0 heterocycles. The molecule has 16 nitrogen and oxygen atoms in total. The summed E-state index contributed by atoms with van der Waals surface area (Å²) in [6.07, 6.45) is -1.22. The van der Waals surface area contributed by atoms with Crippen LogP contribution in [-0.4, -0.2) is 84.5 Å². The van der Waals surface area contributed by atoms with Crippen molar-refractivity contribution >= 4 is 37.2 Å². The topological polar surface area (TPSA) is 236 Å². The van der Waals surface area contributed by atoms with Crippen LogP contribution in [0.15, 0.2) is 18.2 Å². The SMILES string of the molecule is COC(=O)c1cc(OC[C@H](COS(=O)(=O)O)OS(=O)(=O)O)ccc1OCCCCOS(=O)(=O)O. The van der Waals surface area contributed by atoms with E-state index in [-0.39, 0.29) is 43.1 Å². The maximum Gasteiger partial charge on any atom is 0.397 e. The molecular formula is C15H22O16S3. The molecule has 1 aromatic rings. The lowest BCUT2D eigenvalue weighted by Gasteiger charge is -2.17. The van der Waals surface area contributed by atoms with Crippen molar-refractivity contribution < 1.29 is 70.5 Å². The predicted molar refractivity (Wildman–Crippen MR) is 109 cm³/mol. The molecule has 0 aliphatic rings. The van der Waals surface area contributed by atoms with E-state index in [0.29, 0.717) is 0 Å². The lowest BCUT2D eigenvalue weighted by Crippen LogP contribution is -2.30. The number of benzene rings is 1. The van der Waals surface area contributed by atoms with Crippen LogP contribution in [0.3, 0.4) is 0 Å². The average Bonchev–Trinajstić information content (AvgIpc) is 2.70. The summed E-state index contributed by atoms with van der Waals surface area (Å²) in [7, 11) is -13.4. The van der Waals surface area contributed by atoms with Gasteiger partial charge in [-0.25, -0.2) is 17.3 Å². The second-order valence-corrected chi connectivity index (χ2v) is 9.35. The zero-order chi connectivity index (χ0) is 26.0. The fourth-order valence-electron chi connectivity index (χ4n) is 2.17. The van der Waals surface area contributed by atoms with E-state index in [4.69, 9.17) is 23.1 Å². The molecule has 0 amide bonds. The highest BCUT2D eigenvalue weighted by Gasteiger charge is 2.22. The van der Waals surface area contributed by atoms with Crippen molar-refractivity contribution in [2.45, 2.75) is 18.9 Å². The average molecular weight is 555 g/mol. The highest BCUT2D eigenvalue weighted by Crippen LogP contribution is 2.26. The summed E-state index contributed by atoms with van der Waals surface area (Å²) in [6, 6.07) is 3.73. The van der Waals surface area contributed by atoms with Crippen LogP contribution < -0.4 is 9.47 Å². The number of carbonyl (C=O) groups is 1. The summed E-state index contributed by atoms with van der Waals surface area (Å²) in [5.41, 5.74) is -0.115. The second kappa shape index (κ2) is 13.1. The molecule has 1 atom stereocenters. The van der Waals surface area contributed by atoms with Gasteiger partial charge in [-0.05, 0) is 31.0 Å². The zero-order valence-corrected chi connectivity index (χ0v) is 19.9. The standard InChI is InChI=1S/C15H22O16S3/c1-26-15(16)13-8-11(4-5-14(13)27-6-2-3-7-29-32(17,18)19)28-9-12(31-34(23,24)25)10-30-33(20,21)22/h4-5,8,12H,2-3,6-7,9-10H2,1H3,(H,17,18,19)(H,20,21,22)(H,23,24,25)/t12-/m1/s1. The van der Waals surface area contributed by atoms with E-state index in [0.717, 1.165) is 13.2 Å². The summed E-state index contributed by atoms with van der Waals surface area (Å²) < 4.78 is 118. The van der Waals surface area contributed by atoms with Crippen molar-refractivity contribution in [3.8, 4) is 11.5 Å². The van der Waals surface area contributed by atoms with Gasteiger partial charge in [0.1, 0.15) is 29.8 Å². The Hall–Kier alpha value is -2.10. The predicted octanol–water partition coefficient (Wildman–Crippen LogP) is -0.162. The molecular weight excluding hydrogens is 532 g/mol. The van der Waals surface area contributed by atoms with Gasteiger partial charge in [0.2, 0.25) is 0 Å². The van der Waals surface area contributed by atoms with Crippen molar-refractivity contribution in [3.63, 3.8) is 0 Å². The fraction of sp³-hybridized carbons (Fsp3) is 0.533. The Morgan fingerprint density at radius 2 is 1.47 bits per heavy atom. The van der Waals surface area contributed by atoms with E-state index in [1.54, 1.807) is 0 Å². The summed E-state index contributed by atoms with van der Waals surface area (Å²) in [4.78, 5) is 12.0. The van der Waals surface area contributed by atoms with Crippen molar-refractivity contribution in [3.05, 3.63) is 23.8 Å². The first kappa shape index (κ1) is 29.9. The highest BCUT2D eigenvalue weighted by molar-refractivity contribution is 7.81. The van der Waals surface area contributed by atoms with Crippen molar-refractivity contribution in [1.82, 2.24) is 0 Å². The van der Waals surface area contributed by atoms with Gasteiger partial charge >= 0.3 is 37.2 Å². The van der Waals surface area contributed by atoms with Gasteiger partial charge in [0.05, 0.1) is 26.9 Å². The van der Waals surface area contributed by atoms with Crippen LogP contribution in [0.5, 0.6) is 11.5 Å². The lowest BCUT2D eigenvalue weighted by atomic mass is 10.2. The van der Waals surface area contributed by atoms with Gasteiger partial charge in [0.25, 0.3) is 0 Å². The maximum atomic E-state index is 12.0. The summed E-state index contributed by atoms with van der Waals surface area (Å²) in [5, 5.41) is 0. The Labute approximate surface area is 195 Å². The number of unbranched alkanes of at least 4 members (excludes halogenated alkanes) is 1. The van der Waals surface area contributed by atoms with E-state index in [1.807, 2.05) is 0 Å². The van der Waals surface area contributed by atoms with E-state index >= 15 is 0 Å². The number of carbonyl (C=O) groups excluding carboxylic acids is 1. The summed E-state index contributed by atoms with van der Waals surface area (Å²) in [6.45, 7) is -2.00. The number of esters is 1. The molecule has 3 N–H and O–H groups in total. The van der Waals surface area contributed by atoms with Crippen molar-refractivity contribution in [2.24, 2.45) is 0 Å². The Kier molecular flexibility index (Phi) is 11.5. The minimum Gasteiger partial charge on any atom is -0.493 e. The minimum atomic E-state index is -5.04. The lowest BCUT2D eigenvalue weighted by molar-refractivity contribution is 0.0593. The first-order valence-corrected chi connectivity index (χ1v) is 13.1. The van der Waals surface area contributed by atoms with Crippen LogP contribution in [0.4, 0.5) is 0 Å². The molecule has 0 fully saturated rings. The molecule has 0 bridgehead atoms. The van der Waals surface area contributed by atoms with Gasteiger partial charge in [-0.2, -0.15) is 25.3 Å². The molecule has 0 aromatic heterocycles. The van der Waals surface area contributed by atoms with Gasteiger partial charge in [0.15, 0.2) is 0 Å². The third-order valence-corrected chi connectivity index (χ3v) is 4.90. The van der Waals surface area contributed by atoms with Gasteiger partial charge in [0, 0.05) is 0 Å². The summed E-state index contributed by atoms with van der Waals surface area (Å²) >= 11 is 0. The molecule has 19 heteroatoms. The van der Waals surface area contributed by atoms with Crippen LogP contribution in [0.1, 0.15) is 23.2 Å². The summed E-state index contributed by atoms with van der Waals surface area (Å²) in [5.74, 6) is -0.837. The largest absolute Gasteiger partial charge is 0.493 e. The number of hydrogen-bond donors (Lipinski definition) is 3. The number of methoxy groups -OCH3 is 1. The van der Waals surface area contributed by atoms with E-state index in [2.05, 4.69) is 17.3 Å². The maximum absolute atomic E-state index is 12.0. The van der Waals surface area contributed by atoms with Gasteiger partial charge in [-0.1, -0.05) is 0 Å². The van der Waals surface area contributed by atoms with E-state index in [1.165, 1.54) is 12.1 Å². The molecule has 0 aliphatic carbocycles. The molecule has 34 heavy (non-hydrogen) atoms. The van der Waals surface area contributed by atoms with E-state index in [9.17, 15) is 30.0 Å². The Bertz CT molecular complexity index is 1130. The Balaban J connectivity index is 2.82. The van der Waals surface area contributed by atoms with Crippen LogP contribution in [0.2, 0.25) is 0 Å². The van der Waals surface area contributed by atoms with Crippen LogP contribution in [0.25, 0.3) is 0 Å². The van der Waals surface area contributed by atoms with Crippen molar-refractivity contribution in [1.29, 1.82) is 0 Å². The normalized spacial score (nSPS) is 13.3. The van der Waals surface area contributed by atoms with E-state index < -0.39 is 56.5 Å². The Morgan fingerprint density at radius 3 is 2.03 bits per heavy atom. The molecule has 196 valence electrons. The van der Waals surface area contributed by atoms with Gasteiger partial charge in [-0.3, -0.25) is 13.7 Å². The van der Waals surface area contributed by atoms with Crippen molar-refractivity contribution in [2.75, 3.05) is 33.5 Å². The van der Waals surface area contributed by atoms with Gasteiger partial charge < -0.3 is 14.2 Å². The third-order valence-electron chi connectivity index (χ3n) is 3.48. The number of ether oxygens (including phenoxy) is 3. The molecule has 0 unspecified atom stereocenters. The van der Waals surface area contributed by atoms with Crippen LogP contribution in [0, 0.1) is 0 Å². The smallest absolute Gasteiger partial charge is 0.397 e. The second-order valence-electron chi connectivity index (χ2n) is 6.12. The van der Waals surface area contributed by atoms with Crippen LogP contribution >= 0.6 is 0 Å². The molecule has 0 radical (unpaired) electrons. The number of hydrogen-bond acceptors (Lipinski definition) is 13. The molecule has 0 saturated heterocycles. The number of rotatable bonds is 16. The fourth-order valence-corrected chi connectivity index (χ4v) is 3.28. The van der Waals surface area contributed by atoms with Gasteiger partial charge in [-0.15, -0.1) is 0 Å². The molecule has 1 rings (SSSR count). The molecule has 0 spiro atoms. The first-order valence-electron chi connectivity index (χ1n) is 8.97.